The molecule has 2 rings (SSSR count). The first-order chi connectivity index (χ1) is 7.77. The summed E-state index contributed by atoms with van der Waals surface area (Å²) < 4.78 is 0. The SMILES string of the molecule is CC1=CC=NC=C(N(C)c2cccnc2)C1. The zero-order valence-electron chi connectivity index (χ0n) is 9.59. The fraction of sp³-hybridized carbons (Fsp3) is 0.231. The molecule has 0 bridgehead atoms. The maximum absolute atomic E-state index is 4.22. The van der Waals surface area contributed by atoms with Gasteiger partial charge in [-0.15, -0.1) is 0 Å². The molecule has 16 heavy (non-hydrogen) atoms. The van der Waals surface area contributed by atoms with Crippen LogP contribution in [0.3, 0.4) is 0 Å². The molecule has 0 atom stereocenters. The Balaban J connectivity index is 2.23. The molecule has 1 aliphatic heterocycles. The maximum Gasteiger partial charge on any atom is 0.0592 e. The van der Waals surface area contributed by atoms with Crippen molar-refractivity contribution in [2.45, 2.75) is 13.3 Å². The summed E-state index contributed by atoms with van der Waals surface area (Å²) in [6.07, 6.45) is 10.3. The van der Waals surface area contributed by atoms with Crippen LogP contribution in [0.2, 0.25) is 0 Å². The van der Waals surface area contributed by atoms with Gasteiger partial charge in [-0.3, -0.25) is 9.98 Å². The third-order valence-electron chi connectivity index (χ3n) is 2.59. The van der Waals surface area contributed by atoms with Crippen LogP contribution in [0.15, 0.2) is 53.1 Å². The van der Waals surface area contributed by atoms with E-state index in [-0.39, 0.29) is 0 Å². The summed E-state index contributed by atoms with van der Waals surface area (Å²) in [5.74, 6) is 0. The molecule has 82 valence electrons. The summed E-state index contributed by atoms with van der Waals surface area (Å²) in [5.41, 5.74) is 3.57. The highest BCUT2D eigenvalue weighted by atomic mass is 15.1. The van der Waals surface area contributed by atoms with E-state index in [2.05, 4.69) is 21.8 Å². The molecular formula is C13H15N3. The van der Waals surface area contributed by atoms with Crippen molar-refractivity contribution < 1.29 is 0 Å². The van der Waals surface area contributed by atoms with Gasteiger partial charge in [0.25, 0.3) is 0 Å². The van der Waals surface area contributed by atoms with Crippen molar-refractivity contribution in [2.75, 3.05) is 11.9 Å². The lowest BCUT2D eigenvalue weighted by atomic mass is 10.1. The number of allylic oxidation sites excluding steroid dienone is 2. The molecule has 0 saturated heterocycles. The number of anilines is 1. The van der Waals surface area contributed by atoms with Crippen LogP contribution in [0.4, 0.5) is 5.69 Å². The fourth-order valence-electron chi connectivity index (χ4n) is 1.61. The Morgan fingerprint density at radius 3 is 3.00 bits per heavy atom. The van der Waals surface area contributed by atoms with Gasteiger partial charge in [0.1, 0.15) is 0 Å². The standard InChI is InChI=1S/C13H15N3/c1-11-5-7-15-10-13(8-11)16(2)12-4-3-6-14-9-12/h3-7,9-10H,8H2,1-2H3. The van der Waals surface area contributed by atoms with Gasteiger partial charge in [-0.1, -0.05) is 5.57 Å². The lowest BCUT2D eigenvalue weighted by Gasteiger charge is -2.21. The smallest absolute Gasteiger partial charge is 0.0592 e. The summed E-state index contributed by atoms with van der Waals surface area (Å²) in [6, 6.07) is 3.98. The van der Waals surface area contributed by atoms with Gasteiger partial charge < -0.3 is 4.90 Å². The first kappa shape index (κ1) is 10.6. The highest BCUT2D eigenvalue weighted by Crippen LogP contribution is 2.21. The zero-order chi connectivity index (χ0) is 11.4. The number of aromatic nitrogens is 1. The van der Waals surface area contributed by atoms with E-state index in [0.29, 0.717) is 0 Å². The second kappa shape index (κ2) is 4.75. The molecule has 0 radical (unpaired) electrons. The second-order valence-corrected chi connectivity index (χ2v) is 3.88. The number of nitrogens with zero attached hydrogens (tertiary/aromatic N) is 3. The fourth-order valence-corrected chi connectivity index (χ4v) is 1.61. The Labute approximate surface area is 95.8 Å². The molecule has 0 fully saturated rings. The van der Waals surface area contributed by atoms with Gasteiger partial charge in [0.2, 0.25) is 0 Å². The van der Waals surface area contributed by atoms with Crippen molar-refractivity contribution in [3.63, 3.8) is 0 Å². The summed E-state index contributed by atoms with van der Waals surface area (Å²) in [5, 5.41) is 0. The Bertz CT molecular complexity index is 444. The molecular weight excluding hydrogens is 198 g/mol. The lowest BCUT2D eigenvalue weighted by molar-refractivity contribution is 0.980. The van der Waals surface area contributed by atoms with Gasteiger partial charge in [-0.2, -0.15) is 0 Å². The van der Waals surface area contributed by atoms with Crippen molar-refractivity contribution >= 4 is 11.9 Å². The maximum atomic E-state index is 4.22. The van der Waals surface area contributed by atoms with Crippen molar-refractivity contribution in [1.29, 1.82) is 0 Å². The first-order valence-electron chi connectivity index (χ1n) is 5.29. The number of aliphatic imine (C=N–C) groups is 1. The molecule has 0 unspecified atom stereocenters. The third-order valence-corrected chi connectivity index (χ3v) is 2.59. The minimum atomic E-state index is 0.922. The first-order valence-corrected chi connectivity index (χ1v) is 5.29. The summed E-state index contributed by atoms with van der Waals surface area (Å²) in [6.45, 7) is 2.11. The number of hydrogen-bond acceptors (Lipinski definition) is 3. The number of rotatable bonds is 2. The van der Waals surface area contributed by atoms with Gasteiger partial charge >= 0.3 is 0 Å². The van der Waals surface area contributed by atoms with E-state index in [1.54, 1.807) is 6.20 Å². The minimum absolute atomic E-state index is 0.922. The van der Waals surface area contributed by atoms with Crippen LogP contribution >= 0.6 is 0 Å². The van der Waals surface area contributed by atoms with Gasteiger partial charge in [-0.05, 0) is 25.1 Å². The molecule has 3 heteroatoms. The van der Waals surface area contributed by atoms with Crippen molar-refractivity contribution in [1.82, 2.24) is 4.98 Å². The highest BCUT2D eigenvalue weighted by Gasteiger charge is 2.08. The summed E-state index contributed by atoms with van der Waals surface area (Å²) in [7, 11) is 2.04. The van der Waals surface area contributed by atoms with Crippen LogP contribution in [-0.4, -0.2) is 18.2 Å². The van der Waals surface area contributed by atoms with Crippen LogP contribution in [0.25, 0.3) is 0 Å². The van der Waals surface area contributed by atoms with Gasteiger partial charge in [-0.25, -0.2) is 0 Å². The van der Waals surface area contributed by atoms with E-state index < -0.39 is 0 Å². The van der Waals surface area contributed by atoms with Gasteiger partial charge in [0.05, 0.1) is 11.9 Å². The van der Waals surface area contributed by atoms with Crippen molar-refractivity contribution in [3.8, 4) is 0 Å². The minimum Gasteiger partial charge on any atom is -0.345 e. The molecule has 1 aromatic heterocycles. The van der Waals surface area contributed by atoms with E-state index in [0.717, 1.165) is 12.1 Å². The van der Waals surface area contributed by atoms with E-state index in [4.69, 9.17) is 0 Å². The number of pyridine rings is 1. The largest absolute Gasteiger partial charge is 0.345 e. The normalized spacial score (nSPS) is 15.1. The van der Waals surface area contributed by atoms with E-state index >= 15 is 0 Å². The summed E-state index contributed by atoms with van der Waals surface area (Å²) >= 11 is 0. The molecule has 0 amide bonds. The quantitative estimate of drug-likeness (QED) is 0.755. The topological polar surface area (TPSA) is 28.5 Å². The average Bonchev–Trinajstić information content (AvgIpc) is 2.54. The molecule has 0 N–H and O–H groups in total. The predicted molar refractivity (Wildman–Crippen MR) is 67.6 cm³/mol. The van der Waals surface area contributed by atoms with Crippen LogP contribution in [0.1, 0.15) is 13.3 Å². The van der Waals surface area contributed by atoms with E-state index in [9.17, 15) is 0 Å². The average molecular weight is 213 g/mol. The molecule has 1 aliphatic rings. The monoisotopic (exact) mass is 213 g/mol. The highest BCUT2D eigenvalue weighted by molar-refractivity contribution is 5.73. The molecule has 0 aliphatic carbocycles. The predicted octanol–water partition coefficient (Wildman–Crippen LogP) is 2.78. The molecule has 2 heterocycles. The van der Waals surface area contributed by atoms with E-state index in [1.807, 2.05) is 43.9 Å². The van der Waals surface area contributed by atoms with Crippen LogP contribution < -0.4 is 4.90 Å². The Hall–Kier alpha value is -1.90. The van der Waals surface area contributed by atoms with Crippen molar-refractivity contribution in [3.05, 3.63) is 48.1 Å². The molecule has 0 saturated carbocycles. The Kier molecular flexibility index (Phi) is 3.15. The molecule has 3 nitrogen and oxygen atoms in total. The third kappa shape index (κ3) is 2.37. The van der Waals surface area contributed by atoms with Crippen LogP contribution in [0.5, 0.6) is 0 Å². The second-order valence-electron chi connectivity index (χ2n) is 3.88. The molecule has 1 aromatic rings. The van der Waals surface area contributed by atoms with Gasteiger partial charge in [0, 0.05) is 37.8 Å². The Morgan fingerprint density at radius 1 is 1.38 bits per heavy atom. The van der Waals surface area contributed by atoms with E-state index in [1.165, 1.54) is 11.3 Å². The summed E-state index contributed by atoms with van der Waals surface area (Å²) in [4.78, 5) is 10.5. The lowest BCUT2D eigenvalue weighted by Crippen LogP contribution is -2.16. The molecule has 0 aromatic carbocycles. The Morgan fingerprint density at radius 2 is 2.25 bits per heavy atom. The number of hydrogen-bond donors (Lipinski definition) is 0. The van der Waals surface area contributed by atoms with Crippen LogP contribution in [-0.2, 0) is 0 Å². The molecule has 0 spiro atoms. The zero-order valence-corrected chi connectivity index (χ0v) is 9.59. The van der Waals surface area contributed by atoms with Crippen molar-refractivity contribution in [2.24, 2.45) is 4.99 Å². The van der Waals surface area contributed by atoms with Crippen LogP contribution in [0, 0.1) is 0 Å². The van der Waals surface area contributed by atoms with Gasteiger partial charge in [0.15, 0.2) is 0 Å².